The zero-order valence-electron chi connectivity index (χ0n) is 17.5. The first-order valence-corrected chi connectivity index (χ1v) is 10.7. The number of benzene rings is 1. The molecule has 0 aliphatic carbocycles. The highest BCUT2D eigenvalue weighted by Gasteiger charge is 2.51. The van der Waals surface area contributed by atoms with Crippen LogP contribution in [0.2, 0.25) is 0 Å². The van der Waals surface area contributed by atoms with Gasteiger partial charge in [-0.1, -0.05) is 12.1 Å². The lowest BCUT2D eigenvalue weighted by Crippen LogP contribution is -2.56. The van der Waals surface area contributed by atoms with E-state index in [1.54, 1.807) is 29.2 Å². The third-order valence-electron chi connectivity index (χ3n) is 6.80. The Hall–Kier alpha value is -2.96. The molecule has 0 spiro atoms. The maximum atomic E-state index is 13.1. The van der Waals surface area contributed by atoms with E-state index in [4.69, 9.17) is 10.8 Å². The Bertz CT molecular complexity index is 927. The minimum atomic E-state index is -0.980. The lowest BCUT2D eigenvalue weighted by molar-refractivity contribution is -0.141. The van der Waals surface area contributed by atoms with Gasteiger partial charge in [-0.15, -0.1) is 0 Å². The van der Waals surface area contributed by atoms with Crippen LogP contribution in [0.4, 0.5) is 0 Å². The van der Waals surface area contributed by atoms with Crippen LogP contribution in [0.1, 0.15) is 48.1 Å². The van der Waals surface area contributed by atoms with Crippen LogP contribution in [0, 0.1) is 11.3 Å². The van der Waals surface area contributed by atoms with E-state index in [9.17, 15) is 19.6 Å². The number of nitriles is 1. The van der Waals surface area contributed by atoms with E-state index in [0.717, 1.165) is 12.0 Å². The average molecular weight is 425 g/mol. The number of hydrogen-bond acceptors (Lipinski definition) is 6. The summed E-state index contributed by atoms with van der Waals surface area (Å²) in [5.41, 5.74) is 7.28. The summed E-state index contributed by atoms with van der Waals surface area (Å²) in [4.78, 5) is 42.3. The number of carbonyl (C=O) groups is 3. The average Bonchev–Trinajstić information content (AvgIpc) is 3.47. The Morgan fingerprint density at radius 2 is 2.03 bits per heavy atom. The molecule has 0 saturated carbocycles. The van der Waals surface area contributed by atoms with E-state index in [0.29, 0.717) is 32.5 Å². The van der Waals surface area contributed by atoms with Crippen molar-refractivity contribution in [3.8, 4) is 6.07 Å². The van der Waals surface area contributed by atoms with Crippen molar-refractivity contribution >= 4 is 17.8 Å². The van der Waals surface area contributed by atoms with Crippen molar-refractivity contribution in [2.24, 2.45) is 5.73 Å². The van der Waals surface area contributed by atoms with Gasteiger partial charge in [0.1, 0.15) is 6.04 Å². The van der Waals surface area contributed by atoms with Gasteiger partial charge in [-0.3, -0.25) is 14.5 Å². The van der Waals surface area contributed by atoms with Crippen molar-refractivity contribution in [1.82, 2.24) is 14.7 Å². The molecule has 31 heavy (non-hydrogen) atoms. The fraction of sp³-hybridized carbons (Fsp3) is 0.545. The number of rotatable bonds is 6. The number of hydrogen-bond donors (Lipinski definition) is 2. The summed E-state index contributed by atoms with van der Waals surface area (Å²) in [5.74, 6) is -1.18. The molecule has 164 valence electrons. The molecule has 2 amide bonds. The van der Waals surface area contributed by atoms with Gasteiger partial charge in [0.15, 0.2) is 0 Å². The van der Waals surface area contributed by atoms with Gasteiger partial charge in [0, 0.05) is 25.7 Å². The number of aromatic carboxylic acids is 1. The topological polar surface area (TPSA) is 131 Å². The molecule has 9 nitrogen and oxygen atoms in total. The molecule has 3 N–H and O–H groups in total. The molecule has 9 heteroatoms. The van der Waals surface area contributed by atoms with E-state index in [2.05, 4.69) is 6.07 Å². The molecular formula is C22H27N5O4. The number of amides is 2. The van der Waals surface area contributed by atoms with Crippen molar-refractivity contribution < 1.29 is 19.5 Å². The van der Waals surface area contributed by atoms with Gasteiger partial charge >= 0.3 is 5.97 Å². The molecule has 0 radical (unpaired) electrons. The standard InChI is InChI=1S/C22H27N5O4/c1-13(14-4-6-15(7-5-14)22(30)31)27-17-9-19(21(27)29)25(11-17)12-18(24)20(28)26-8-2-3-16(26)10-23/h4-7,13,16-19H,2-3,8-9,11-12,24H2,1H3,(H,30,31)/t13-,16+,17-,18+,19-/m1/s1. The Kier molecular flexibility index (Phi) is 5.69. The van der Waals surface area contributed by atoms with Crippen LogP contribution >= 0.6 is 0 Å². The molecule has 1 aromatic carbocycles. The molecule has 3 fully saturated rings. The molecule has 3 saturated heterocycles. The number of piperazine rings is 1. The molecule has 3 aliphatic rings. The Morgan fingerprint density at radius 3 is 2.65 bits per heavy atom. The number of nitrogens with zero attached hydrogens (tertiary/aromatic N) is 4. The van der Waals surface area contributed by atoms with E-state index in [1.807, 2.05) is 16.7 Å². The number of carboxylic acids is 1. The minimum absolute atomic E-state index is 0.0155. The van der Waals surface area contributed by atoms with Crippen molar-refractivity contribution in [3.05, 3.63) is 35.4 Å². The van der Waals surface area contributed by atoms with Gasteiger partial charge < -0.3 is 20.6 Å². The fourth-order valence-electron chi connectivity index (χ4n) is 5.17. The predicted molar refractivity (Wildman–Crippen MR) is 111 cm³/mol. The number of fused-ring (bicyclic) bond motifs is 2. The van der Waals surface area contributed by atoms with Crippen LogP contribution in [0.25, 0.3) is 0 Å². The molecule has 2 bridgehead atoms. The molecule has 3 aliphatic heterocycles. The summed E-state index contributed by atoms with van der Waals surface area (Å²) in [6.07, 6.45) is 2.19. The number of likely N-dealkylation sites (tertiary alicyclic amines) is 3. The van der Waals surface area contributed by atoms with E-state index >= 15 is 0 Å². The third-order valence-corrected chi connectivity index (χ3v) is 6.80. The maximum absolute atomic E-state index is 13.1. The van der Waals surface area contributed by atoms with Gasteiger partial charge in [-0.25, -0.2) is 4.79 Å². The highest BCUT2D eigenvalue weighted by atomic mass is 16.4. The highest BCUT2D eigenvalue weighted by Crippen LogP contribution is 2.38. The second kappa shape index (κ2) is 8.29. The van der Waals surface area contributed by atoms with Crippen LogP contribution in [0.15, 0.2) is 24.3 Å². The van der Waals surface area contributed by atoms with Gasteiger partial charge in [-0.2, -0.15) is 5.26 Å². The first kappa shape index (κ1) is 21.3. The molecule has 4 rings (SSSR count). The van der Waals surface area contributed by atoms with Gasteiger partial charge in [0.25, 0.3) is 0 Å². The summed E-state index contributed by atoms with van der Waals surface area (Å²) in [5, 5.41) is 18.3. The number of nitrogens with two attached hydrogens (primary N) is 1. The maximum Gasteiger partial charge on any atom is 0.335 e. The van der Waals surface area contributed by atoms with Gasteiger partial charge in [-0.05, 0) is 43.9 Å². The lowest BCUT2D eigenvalue weighted by atomic mass is 10.0. The summed E-state index contributed by atoms with van der Waals surface area (Å²) >= 11 is 0. The molecule has 0 unspecified atom stereocenters. The smallest absolute Gasteiger partial charge is 0.335 e. The zero-order valence-corrected chi connectivity index (χ0v) is 17.5. The Balaban J connectivity index is 1.39. The minimum Gasteiger partial charge on any atom is -0.478 e. The summed E-state index contributed by atoms with van der Waals surface area (Å²) < 4.78 is 0. The van der Waals surface area contributed by atoms with Crippen LogP contribution in [-0.2, 0) is 9.59 Å². The quantitative estimate of drug-likeness (QED) is 0.681. The monoisotopic (exact) mass is 425 g/mol. The summed E-state index contributed by atoms with van der Waals surface area (Å²) in [6.45, 7) is 3.46. The van der Waals surface area contributed by atoms with Crippen molar-refractivity contribution in [3.63, 3.8) is 0 Å². The van der Waals surface area contributed by atoms with Crippen molar-refractivity contribution in [2.45, 2.75) is 56.4 Å². The molecule has 5 atom stereocenters. The molecular weight excluding hydrogens is 398 g/mol. The molecule has 3 heterocycles. The number of carboxylic acid groups (broad SMARTS) is 1. The van der Waals surface area contributed by atoms with E-state index in [1.165, 1.54) is 0 Å². The lowest BCUT2D eigenvalue weighted by Gasteiger charge is -2.38. The van der Waals surface area contributed by atoms with Crippen LogP contribution in [0.3, 0.4) is 0 Å². The SMILES string of the molecule is C[C@H](c1ccc(C(=O)O)cc1)N1C(=O)[C@H]2C[C@@H]1CN2C[C@H](N)C(=O)N1CCC[C@H]1C#N. The third kappa shape index (κ3) is 3.77. The fourth-order valence-corrected chi connectivity index (χ4v) is 5.17. The van der Waals surface area contributed by atoms with Crippen molar-refractivity contribution in [1.29, 1.82) is 5.26 Å². The Labute approximate surface area is 181 Å². The highest BCUT2D eigenvalue weighted by molar-refractivity contribution is 5.88. The largest absolute Gasteiger partial charge is 0.478 e. The molecule has 1 aromatic rings. The predicted octanol–water partition coefficient (Wildman–Crippen LogP) is 0.573. The van der Waals surface area contributed by atoms with Crippen molar-refractivity contribution in [2.75, 3.05) is 19.6 Å². The normalized spacial score (nSPS) is 27.4. The first-order valence-electron chi connectivity index (χ1n) is 10.7. The summed E-state index contributed by atoms with van der Waals surface area (Å²) in [7, 11) is 0. The van der Waals surface area contributed by atoms with E-state index < -0.39 is 18.1 Å². The second-order valence-electron chi connectivity index (χ2n) is 8.63. The van der Waals surface area contributed by atoms with Gasteiger partial charge in [0.2, 0.25) is 11.8 Å². The van der Waals surface area contributed by atoms with Crippen LogP contribution < -0.4 is 5.73 Å². The van der Waals surface area contributed by atoms with Crippen LogP contribution in [0.5, 0.6) is 0 Å². The van der Waals surface area contributed by atoms with E-state index in [-0.39, 0.29) is 35.5 Å². The Morgan fingerprint density at radius 1 is 1.32 bits per heavy atom. The molecule has 0 aromatic heterocycles. The first-order chi connectivity index (χ1) is 14.8. The van der Waals surface area contributed by atoms with Gasteiger partial charge in [0.05, 0.1) is 29.8 Å². The second-order valence-corrected chi connectivity index (χ2v) is 8.63. The summed E-state index contributed by atoms with van der Waals surface area (Å²) in [6, 6.07) is 7.19. The van der Waals surface area contributed by atoms with Crippen LogP contribution in [-0.4, -0.2) is 81.4 Å². The number of carbonyl (C=O) groups excluding carboxylic acids is 2. The zero-order chi connectivity index (χ0) is 22.3.